The number of nitrogens with zero attached hydrogens (tertiary/aromatic N) is 2. The summed E-state index contributed by atoms with van der Waals surface area (Å²) in [6.07, 6.45) is 0.666. The van der Waals surface area contributed by atoms with Crippen LogP contribution in [0.3, 0.4) is 0 Å². The second kappa shape index (κ2) is 9.40. The van der Waals surface area contributed by atoms with E-state index in [4.69, 9.17) is 34.8 Å². The zero-order valence-electron chi connectivity index (χ0n) is 16.5. The van der Waals surface area contributed by atoms with Crippen LogP contribution in [0.2, 0.25) is 15.1 Å². The molecule has 158 valence electrons. The fourth-order valence-electron chi connectivity index (χ4n) is 3.46. The Morgan fingerprint density at radius 3 is 2.30 bits per heavy atom. The molecule has 0 saturated carbocycles. The normalized spacial score (nSPS) is 18.5. The Balaban J connectivity index is 2.11. The lowest BCUT2D eigenvalue weighted by molar-refractivity contribution is -0.139. The minimum atomic E-state index is -0.766. The molecule has 1 N–H and O–H groups in total. The Morgan fingerprint density at radius 1 is 1.03 bits per heavy atom. The van der Waals surface area contributed by atoms with Crippen molar-refractivity contribution in [2.75, 3.05) is 27.2 Å². The molecule has 0 unspecified atom stereocenters. The molecule has 0 aliphatic carbocycles. The number of carbonyl (C=O) groups is 2. The molecule has 1 saturated heterocycles. The van der Waals surface area contributed by atoms with Gasteiger partial charge in [-0.1, -0.05) is 40.9 Å². The van der Waals surface area contributed by atoms with Crippen LogP contribution in [0.4, 0.5) is 0 Å². The van der Waals surface area contributed by atoms with Gasteiger partial charge in [0.2, 0.25) is 0 Å². The number of Topliss-reactive ketones (excluding diaryl/α,β-unsaturated/α-hetero) is 1. The molecule has 2 aromatic carbocycles. The van der Waals surface area contributed by atoms with Gasteiger partial charge in [0.15, 0.2) is 0 Å². The summed E-state index contributed by atoms with van der Waals surface area (Å²) >= 11 is 18.2. The topological polar surface area (TPSA) is 60.9 Å². The highest BCUT2D eigenvalue weighted by molar-refractivity contribution is 6.47. The van der Waals surface area contributed by atoms with Crippen molar-refractivity contribution in [3.8, 4) is 0 Å². The molecular formula is C22H21Cl3N2O3. The van der Waals surface area contributed by atoms with Gasteiger partial charge in [0.1, 0.15) is 5.76 Å². The second-order valence-electron chi connectivity index (χ2n) is 7.33. The van der Waals surface area contributed by atoms with Crippen molar-refractivity contribution in [3.63, 3.8) is 0 Å². The van der Waals surface area contributed by atoms with E-state index in [9.17, 15) is 14.7 Å². The molecule has 0 spiro atoms. The monoisotopic (exact) mass is 466 g/mol. The molecule has 5 nitrogen and oxygen atoms in total. The lowest BCUT2D eigenvalue weighted by atomic mass is 9.95. The molecule has 0 radical (unpaired) electrons. The molecule has 1 heterocycles. The first-order chi connectivity index (χ1) is 14.2. The van der Waals surface area contributed by atoms with Gasteiger partial charge >= 0.3 is 0 Å². The molecule has 8 heteroatoms. The quantitative estimate of drug-likeness (QED) is 0.368. The summed E-state index contributed by atoms with van der Waals surface area (Å²) in [7, 11) is 3.87. The average Bonchev–Trinajstić information content (AvgIpc) is 2.95. The lowest BCUT2D eigenvalue weighted by Crippen LogP contribution is -2.32. The molecule has 1 atom stereocenters. The summed E-state index contributed by atoms with van der Waals surface area (Å²) < 4.78 is 0. The summed E-state index contributed by atoms with van der Waals surface area (Å²) in [5.74, 6) is -1.64. The zero-order chi connectivity index (χ0) is 22.0. The van der Waals surface area contributed by atoms with Gasteiger partial charge < -0.3 is 14.9 Å². The van der Waals surface area contributed by atoms with E-state index in [-0.39, 0.29) is 11.3 Å². The third-order valence-corrected chi connectivity index (χ3v) is 5.91. The van der Waals surface area contributed by atoms with Crippen LogP contribution >= 0.6 is 34.8 Å². The van der Waals surface area contributed by atoms with E-state index in [2.05, 4.69) is 0 Å². The summed E-state index contributed by atoms with van der Waals surface area (Å²) in [5, 5.41) is 12.1. The number of aliphatic hydroxyl groups is 1. The molecule has 1 amide bonds. The molecular weight excluding hydrogens is 447 g/mol. The Kier molecular flexibility index (Phi) is 7.09. The van der Waals surface area contributed by atoms with Crippen LogP contribution < -0.4 is 0 Å². The smallest absolute Gasteiger partial charge is 0.295 e. The summed E-state index contributed by atoms with van der Waals surface area (Å²) in [6.45, 7) is 1.10. The van der Waals surface area contributed by atoms with E-state index < -0.39 is 17.7 Å². The van der Waals surface area contributed by atoms with E-state index in [1.54, 1.807) is 42.5 Å². The number of ketones is 1. The van der Waals surface area contributed by atoms with Crippen LogP contribution in [0.5, 0.6) is 0 Å². The third kappa shape index (κ3) is 4.65. The number of likely N-dealkylation sites (tertiary alicyclic amines) is 1. The molecule has 1 aliphatic heterocycles. The van der Waals surface area contributed by atoms with Crippen molar-refractivity contribution in [1.29, 1.82) is 0 Å². The van der Waals surface area contributed by atoms with E-state index >= 15 is 0 Å². The summed E-state index contributed by atoms with van der Waals surface area (Å²) in [5.41, 5.74) is 1.02. The van der Waals surface area contributed by atoms with Gasteiger partial charge in [-0.15, -0.1) is 0 Å². The van der Waals surface area contributed by atoms with Crippen LogP contribution in [0.1, 0.15) is 23.6 Å². The number of hydrogen-bond acceptors (Lipinski definition) is 4. The van der Waals surface area contributed by atoms with Crippen molar-refractivity contribution >= 4 is 52.3 Å². The molecule has 30 heavy (non-hydrogen) atoms. The third-order valence-electron chi connectivity index (χ3n) is 4.92. The first kappa shape index (κ1) is 22.6. The number of aliphatic hydroxyl groups excluding tert-OH is 1. The number of carbonyl (C=O) groups excluding carboxylic acids is 2. The van der Waals surface area contributed by atoms with E-state index in [1.807, 2.05) is 19.0 Å². The van der Waals surface area contributed by atoms with Crippen molar-refractivity contribution in [1.82, 2.24) is 9.80 Å². The zero-order valence-corrected chi connectivity index (χ0v) is 18.8. The summed E-state index contributed by atoms with van der Waals surface area (Å²) in [6, 6.07) is 10.6. The highest BCUT2D eigenvalue weighted by atomic mass is 35.5. The maximum absolute atomic E-state index is 12.9. The highest BCUT2D eigenvalue weighted by Gasteiger charge is 2.45. The van der Waals surface area contributed by atoms with Crippen LogP contribution in [0, 0.1) is 0 Å². The lowest BCUT2D eigenvalue weighted by Gasteiger charge is -2.26. The van der Waals surface area contributed by atoms with Crippen molar-refractivity contribution in [2.45, 2.75) is 12.5 Å². The first-order valence-electron chi connectivity index (χ1n) is 9.34. The molecule has 0 bridgehead atoms. The summed E-state index contributed by atoms with van der Waals surface area (Å²) in [4.78, 5) is 29.3. The number of halogens is 3. The number of benzene rings is 2. The van der Waals surface area contributed by atoms with Gasteiger partial charge in [-0.3, -0.25) is 9.59 Å². The fourth-order valence-corrected chi connectivity index (χ4v) is 3.89. The maximum Gasteiger partial charge on any atom is 0.295 e. The second-order valence-corrected chi connectivity index (χ2v) is 8.58. The van der Waals surface area contributed by atoms with Gasteiger partial charge in [0.05, 0.1) is 21.7 Å². The van der Waals surface area contributed by atoms with Crippen molar-refractivity contribution in [2.24, 2.45) is 0 Å². The Morgan fingerprint density at radius 2 is 1.70 bits per heavy atom. The Hall–Kier alpha value is -2.05. The van der Waals surface area contributed by atoms with Gasteiger partial charge in [0.25, 0.3) is 11.7 Å². The molecule has 3 rings (SSSR count). The van der Waals surface area contributed by atoms with Gasteiger partial charge in [0, 0.05) is 17.1 Å². The van der Waals surface area contributed by atoms with Gasteiger partial charge in [-0.05, 0) is 69.0 Å². The van der Waals surface area contributed by atoms with E-state index in [1.165, 1.54) is 4.90 Å². The highest BCUT2D eigenvalue weighted by Crippen LogP contribution is 2.41. The van der Waals surface area contributed by atoms with Crippen molar-refractivity contribution in [3.05, 3.63) is 74.2 Å². The first-order valence-corrected chi connectivity index (χ1v) is 10.5. The largest absolute Gasteiger partial charge is 0.507 e. The molecule has 0 aromatic heterocycles. The predicted octanol–water partition coefficient (Wildman–Crippen LogP) is 5.02. The molecule has 2 aromatic rings. The number of amides is 1. The van der Waals surface area contributed by atoms with Gasteiger partial charge in [-0.2, -0.15) is 0 Å². The number of rotatable bonds is 6. The van der Waals surface area contributed by atoms with Crippen molar-refractivity contribution < 1.29 is 14.7 Å². The SMILES string of the molecule is CN(C)CCCN1C(=O)C(=O)C(=C(O)c2ccc(Cl)cc2)[C@@H]1c1ccc(Cl)c(Cl)c1. The van der Waals surface area contributed by atoms with Crippen LogP contribution in [-0.2, 0) is 9.59 Å². The van der Waals surface area contributed by atoms with E-state index in [0.29, 0.717) is 39.2 Å². The number of hydrogen-bond donors (Lipinski definition) is 1. The molecule has 1 fully saturated rings. The molecule has 1 aliphatic rings. The standard InChI is InChI=1S/C22H21Cl3N2O3/c1-26(2)10-3-11-27-19(14-6-9-16(24)17(25)12-14)18(21(29)22(27)30)20(28)13-4-7-15(23)8-5-13/h4-9,12,19,28H,3,10-11H2,1-2H3/t19-/m0/s1. The Labute approximate surface area is 190 Å². The maximum atomic E-state index is 12.9. The Bertz CT molecular complexity index is 1000. The minimum absolute atomic E-state index is 0.0190. The predicted molar refractivity (Wildman–Crippen MR) is 120 cm³/mol. The van der Waals surface area contributed by atoms with E-state index in [0.717, 1.165) is 6.54 Å². The minimum Gasteiger partial charge on any atom is -0.507 e. The average molecular weight is 468 g/mol. The van der Waals surface area contributed by atoms with Crippen LogP contribution in [0.15, 0.2) is 48.0 Å². The van der Waals surface area contributed by atoms with Crippen LogP contribution in [0.25, 0.3) is 5.76 Å². The van der Waals surface area contributed by atoms with Crippen LogP contribution in [-0.4, -0.2) is 53.8 Å². The fraction of sp³-hybridized carbons (Fsp3) is 0.273. The van der Waals surface area contributed by atoms with Gasteiger partial charge in [-0.25, -0.2) is 0 Å².